The summed E-state index contributed by atoms with van der Waals surface area (Å²) in [7, 11) is 0. The summed E-state index contributed by atoms with van der Waals surface area (Å²) in [6.07, 6.45) is 5.37. The highest BCUT2D eigenvalue weighted by Gasteiger charge is 2.14. The molecule has 3 aromatic heterocycles. The van der Waals surface area contributed by atoms with Gasteiger partial charge in [0, 0.05) is 18.0 Å². The van der Waals surface area contributed by atoms with E-state index in [1.54, 1.807) is 18.3 Å². The fourth-order valence-corrected chi connectivity index (χ4v) is 2.87. The van der Waals surface area contributed by atoms with Crippen LogP contribution in [0.3, 0.4) is 0 Å². The first kappa shape index (κ1) is 16.0. The molecular formula is C15H16ClN5OS. The molecule has 8 heteroatoms. The quantitative estimate of drug-likeness (QED) is 0.523. The number of halogens is 1. The molecule has 3 heterocycles. The van der Waals surface area contributed by atoms with Crippen molar-refractivity contribution in [2.24, 2.45) is 0 Å². The Morgan fingerprint density at radius 1 is 1.35 bits per heavy atom. The van der Waals surface area contributed by atoms with Crippen molar-refractivity contribution in [3.8, 4) is 0 Å². The number of pyridine rings is 1. The molecule has 0 aliphatic heterocycles. The van der Waals surface area contributed by atoms with Gasteiger partial charge in [0.2, 0.25) is 10.9 Å². The third kappa shape index (κ3) is 3.25. The molecule has 0 atom stereocenters. The Kier molecular flexibility index (Phi) is 4.68. The van der Waals surface area contributed by atoms with E-state index in [1.807, 2.05) is 16.9 Å². The first-order valence-corrected chi connectivity index (χ1v) is 8.86. The van der Waals surface area contributed by atoms with Gasteiger partial charge in [-0.2, -0.15) is 9.50 Å². The van der Waals surface area contributed by atoms with E-state index in [4.69, 9.17) is 11.6 Å². The smallest absolute Gasteiger partial charge is 0.275 e. The lowest BCUT2D eigenvalue weighted by atomic mass is 10.2. The SMILES string of the molecule is CCCc1cc(=O)n2nc(SC)nc2n1Cc1ccc(Cl)nc1. The molecule has 0 radical (unpaired) electrons. The van der Waals surface area contributed by atoms with Gasteiger partial charge in [-0.15, -0.1) is 5.10 Å². The standard InChI is InChI=1S/C15H16ClN5OS/c1-3-4-11-7-13(22)21-15(18-14(19-21)23-2)20(11)9-10-5-6-12(16)17-8-10/h5-8H,3-4,9H2,1-2H3. The molecule has 3 aromatic rings. The molecule has 3 rings (SSSR count). The summed E-state index contributed by atoms with van der Waals surface area (Å²) >= 11 is 7.26. The van der Waals surface area contributed by atoms with E-state index in [9.17, 15) is 4.79 Å². The Hall–Kier alpha value is -1.86. The van der Waals surface area contributed by atoms with Crippen LogP contribution in [0.1, 0.15) is 24.6 Å². The molecule has 6 nitrogen and oxygen atoms in total. The van der Waals surface area contributed by atoms with Crippen LogP contribution in [0.4, 0.5) is 0 Å². The Morgan fingerprint density at radius 3 is 2.83 bits per heavy atom. The van der Waals surface area contributed by atoms with Gasteiger partial charge in [0.05, 0.1) is 6.54 Å². The van der Waals surface area contributed by atoms with E-state index in [1.165, 1.54) is 16.3 Å². The predicted octanol–water partition coefficient (Wildman–Crippen LogP) is 2.66. The van der Waals surface area contributed by atoms with Crippen LogP contribution in [-0.4, -0.2) is 30.4 Å². The monoisotopic (exact) mass is 349 g/mol. The second-order valence-electron chi connectivity index (χ2n) is 5.11. The lowest BCUT2D eigenvalue weighted by Crippen LogP contribution is -2.22. The minimum absolute atomic E-state index is 0.151. The van der Waals surface area contributed by atoms with Crippen molar-refractivity contribution in [2.45, 2.75) is 31.5 Å². The van der Waals surface area contributed by atoms with E-state index in [-0.39, 0.29) is 5.56 Å². The number of aromatic nitrogens is 5. The maximum absolute atomic E-state index is 12.3. The van der Waals surface area contributed by atoms with E-state index < -0.39 is 0 Å². The molecule has 0 aliphatic carbocycles. The first-order valence-electron chi connectivity index (χ1n) is 7.26. The molecule has 120 valence electrons. The lowest BCUT2D eigenvalue weighted by molar-refractivity contribution is 0.689. The van der Waals surface area contributed by atoms with Crippen molar-refractivity contribution in [2.75, 3.05) is 6.26 Å². The second kappa shape index (κ2) is 6.72. The van der Waals surface area contributed by atoms with Crippen LogP contribution in [0.5, 0.6) is 0 Å². The Morgan fingerprint density at radius 2 is 2.17 bits per heavy atom. The van der Waals surface area contributed by atoms with Crippen molar-refractivity contribution < 1.29 is 0 Å². The van der Waals surface area contributed by atoms with Crippen LogP contribution < -0.4 is 5.56 Å². The molecule has 0 saturated carbocycles. The van der Waals surface area contributed by atoms with Gasteiger partial charge in [-0.05, 0) is 24.3 Å². The van der Waals surface area contributed by atoms with Crippen LogP contribution in [-0.2, 0) is 13.0 Å². The molecule has 23 heavy (non-hydrogen) atoms. The summed E-state index contributed by atoms with van der Waals surface area (Å²) in [5.41, 5.74) is 1.78. The summed E-state index contributed by atoms with van der Waals surface area (Å²) in [6.45, 7) is 2.65. The van der Waals surface area contributed by atoms with Gasteiger partial charge in [0.15, 0.2) is 0 Å². The van der Waals surface area contributed by atoms with Gasteiger partial charge < -0.3 is 4.57 Å². The van der Waals surface area contributed by atoms with Crippen LogP contribution in [0.25, 0.3) is 5.78 Å². The van der Waals surface area contributed by atoms with Crippen LogP contribution >= 0.6 is 23.4 Å². The van der Waals surface area contributed by atoms with Gasteiger partial charge in [-0.1, -0.05) is 42.8 Å². The number of aryl methyl sites for hydroxylation is 1. The van der Waals surface area contributed by atoms with Crippen molar-refractivity contribution in [1.29, 1.82) is 0 Å². The second-order valence-corrected chi connectivity index (χ2v) is 6.27. The fraction of sp³-hybridized carbons (Fsp3) is 0.333. The molecule has 0 aromatic carbocycles. The predicted molar refractivity (Wildman–Crippen MR) is 91.4 cm³/mol. The van der Waals surface area contributed by atoms with Crippen LogP contribution in [0.15, 0.2) is 34.3 Å². The normalized spacial score (nSPS) is 11.3. The summed E-state index contributed by atoms with van der Waals surface area (Å²) in [6, 6.07) is 5.32. The van der Waals surface area contributed by atoms with E-state index in [0.717, 1.165) is 24.1 Å². The number of thioether (sulfide) groups is 1. The van der Waals surface area contributed by atoms with Gasteiger partial charge >= 0.3 is 0 Å². The number of hydrogen-bond donors (Lipinski definition) is 0. The fourth-order valence-electron chi connectivity index (χ4n) is 2.42. The zero-order chi connectivity index (χ0) is 16.4. The van der Waals surface area contributed by atoms with Gasteiger partial charge in [0.25, 0.3) is 5.56 Å². The Labute approximate surface area is 142 Å². The highest BCUT2D eigenvalue weighted by Crippen LogP contribution is 2.15. The van der Waals surface area contributed by atoms with E-state index in [0.29, 0.717) is 22.6 Å². The largest absolute Gasteiger partial charge is 0.309 e. The molecule has 0 amide bonds. The minimum Gasteiger partial charge on any atom is -0.309 e. The number of fused-ring (bicyclic) bond motifs is 1. The maximum atomic E-state index is 12.3. The number of hydrogen-bond acceptors (Lipinski definition) is 5. The van der Waals surface area contributed by atoms with E-state index >= 15 is 0 Å². The van der Waals surface area contributed by atoms with Crippen molar-refractivity contribution in [1.82, 2.24) is 24.1 Å². The molecule has 0 aliphatic rings. The Balaban J connectivity index is 2.16. The average molecular weight is 350 g/mol. The van der Waals surface area contributed by atoms with Gasteiger partial charge in [0.1, 0.15) is 5.15 Å². The zero-order valence-electron chi connectivity index (χ0n) is 12.9. The zero-order valence-corrected chi connectivity index (χ0v) is 14.4. The molecule has 0 N–H and O–H groups in total. The molecular weight excluding hydrogens is 334 g/mol. The number of rotatable bonds is 5. The third-order valence-corrected chi connectivity index (χ3v) is 4.24. The highest BCUT2D eigenvalue weighted by molar-refractivity contribution is 7.98. The Bertz CT molecular complexity index is 887. The number of nitrogens with zero attached hydrogens (tertiary/aromatic N) is 5. The van der Waals surface area contributed by atoms with Crippen molar-refractivity contribution in [3.05, 3.63) is 51.2 Å². The molecule has 0 bridgehead atoms. The summed E-state index contributed by atoms with van der Waals surface area (Å²) in [5.74, 6) is 0.556. The lowest BCUT2D eigenvalue weighted by Gasteiger charge is -2.13. The summed E-state index contributed by atoms with van der Waals surface area (Å²) in [4.78, 5) is 20.9. The topological polar surface area (TPSA) is 65.1 Å². The van der Waals surface area contributed by atoms with Crippen LogP contribution in [0, 0.1) is 0 Å². The maximum Gasteiger partial charge on any atom is 0.275 e. The summed E-state index contributed by atoms with van der Waals surface area (Å²) < 4.78 is 3.37. The first-order chi connectivity index (χ1) is 11.1. The molecule has 0 spiro atoms. The van der Waals surface area contributed by atoms with Gasteiger partial charge in [-0.3, -0.25) is 4.79 Å². The average Bonchev–Trinajstić information content (AvgIpc) is 2.98. The highest BCUT2D eigenvalue weighted by atomic mass is 35.5. The summed E-state index contributed by atoms with van der Waals surface area (Å²) in [5, 5.41) is 5.29. The van der Waals surface area contributed by atoms with E-state index in [2.05, 4.69) is 22.0 Å². The minimum atomic E-state index is -0.151. The van der Waals surface area contributed by atoms with Crippen molar-refractivity contribution in [3.63, 3.8) is 0 Å². The molecule has 0 unspecified atom stereocenters. The third-order valence-electron chi connectivity index (χ3n) is 3.48. The van der Waals surface area contributed by atoms with Crippen LogP contribution in [0.2, 0.25) is 5.15 Å². The molecule has 0 saturated heterocycles. The van der Waals surface area contributed by atoms with Gasteiger partial charge in [-0.25, -0.2) is 4.98 Å². The van der Waals surface area contributed by atoms with Crippen molar-refractivity contribution >= 4 is 29.1 Å². The molecule has 0 fully saturated rings.